The molecule has 0 atom stereocenters. The van der Waals surface area contributed by atoms with E-state index in [1.165, 1.54) is 10.7 Å². The van der Waals surface area contributed by atoms with Crippen molar-refractivity contribution in [1.29, 1.82) is 0 Å². The van der Waals surface area contributed by atoms with Crippen molar-refractivity contribution in [1.82, 2.24) is 19.3 Å². The van der Waals surface area contributed by atoms with E-state index in [0.29, 0.717) is 17.7 Å². The van der Waals surface area contributed by atoms with E-state index in [9.17, 15) is 4.79 Å². The molecule has 0 unspecified atom stereocenters. The van der Waals surface area contributed by atoms with Crippen molar-refractivity contribution in [2.45, 2.75) is 13.5 Å². The minimum Gasteiger partial charge on any atom is -0.287 e. The first-order chi connectivity index (χ1) is 7.72. The van der Waals surface area contributed by atoms with Crippen LogP contribution in [0.5, 0.6) is 0 Å². The molecule has 0 aliphatic heterocycles. The Morgan fingerprint density at radius 3 is 2.88 bits per heavy atom. The van der Waals surface area contributed by atoms with Crippen molar-refractivity contribution in [3.63, 3.8) is 0 Å². The zero-order valence-corrected chi connectivity index (χ0v) is 10.4. The summed E-state index contributed by atoms with van der Waals surface area (Å²) in [5.41, 5.74) is -0.0963. The van der Waals surface area contributed by atoms with Gasteiger partial charge in [0.15, 0.2) is 5.82 Å². The Balaban J connectivity index is 2.47. The molecule has 0 saturated heterocycles. The molecule has 0 bridgehead atoms. The highest BCUT2D eigenvalue weighted by Gasteiger charge is 2.04. The Bertz CT molecular complexity index is 546. The van der Waals surface area contributed by atoms with Gasteiger partial charge in [-0.05, 0) is 13.0 Å². The van der Waals surface area contributed by atoms with Crippen LogP contribution in [-0.2, 0) is 6.54 Å². The summed E-state index contributed by atoms with van der Waals surface area (Å²) in [6, 6.07) is 3.21. The minimum absolute atomic E-state index is 0.0963. The Kier molecular flexibility index (Phi) is 3.19. The van der Waals surface area contributed by atoms with E-state index in [1.54, 1.807) is 12.3 Å². The van der Waals surface area contributed by atoms with Crippen LogP contribution in [0.2, 0.25) is 0 Å². The molecule has 0 amide bonds. The fourth-order valence-electron chi connectivity index (χ4n) is 1.43. The van der Waals surface area contributed by atoms with Crippen molar-refractivity contribution >= 4 is 15.9 Å². The third-order valence-corrected chi connectivity index (χ3v) is 2.58. The first kappa shape index (κ1) is 11.1. The molecule has 2 heterocycles. The molecular formula is C10H11BrN4O. The van der Waals surface area contributed by atoms with E-state index in [0.717, 1.165) is 5.82 Å². The number of nitrogens with zero attached hydrogens (tertiary/aromatic N) is 4. The van der Waals surface area contributed by atoms with Gasteiger partial charge in [-0.3, -0.25) is 9.36 Å². The minimum atomic E-state index is -0.0963. The van der Waals surface area contributed by atoms with E-state index < -0.39 is 0 Å². The number of alkyl halides is 1. The molecule has 0 aliphatic rings. The van der Waals surface area contributed by atoms with E-state index in [2.05, 4.69) is 26.0 Å². The summed E-state index contributed by atoms with van der Waals surface area (Å²) in [6.07, 6.45) is 3.53. The van der Waals surface area contributed by atoms with Crippen LogP contribution in [0.15, 0.2) is 29.3 Å². The number of halogens is 1. The van der Waals surface area contributed by atoms with E-state index in [4.69, 9.17) is 0 Å². The molecule has 2 rings (SSSR count). The molecule has 84 valence electrons. The van der Waals surface area contributed by atoms with Crippen molar-refractivity contribution in [3.05, 3.63) is 40.7 Å². The fraction of sp³-hybridized carbons (Fsp3) is 0.300. The monoisotopic (exact) mass is 282 g/mol. The topological polar surface area (TPSA) is 52.7 Å². The quantitative estimate of drug-likeness (QED) is 0.793. The van der Waals surface area contributed by atoms with Gasteiger partial charge >= 0.3 is 0 Å². The van der Waals surface area contributed by atoms with Gasteiger partial charge in [-0.2, -0.15) is 5.10 Å². The van der Waals surface area contributed by atoms with E-state index in [-0.39, 0.29) is 5.56 Å². The fourth-order valence-corrected chi connectivity index (χ4v) is 1.76. The number of aromatic nitrogens is 4. The summed E-state index contributed by atoms with van der Waals surface area (Å²) in [7, 11) is 0. The largest absolute Gasteiger partial charge is 0.287 e. The molecule has 0 radical (unpaired) electrons. The number of imidazole rings is 1. The lowest BCUT2D eigenvalue weighted by molar-refractivity contribution is 0.611. The first-order valence-electron chi connectivity index (χ1n) is 4.87. The van der Waals surface area contributed by atoms with Crippen LogP contribution in [0.4, 0.5) is 0 Å². The highest BCUT2D eigenvalue weighted by Crippen LogP contribution is 2.04. The summed E-state index contributed by atoms with van der Waals surface area (Å²) < 4.78 is 3.27. The molecule has 16 heavy (non-hydrogen) atoms. The van der Waals surface area contributed by atoms with Gasteiger partial charge in [0.2, 0.25) is 0 Å². The standard InChI is InChI=1S/C10H11BrN4O/c1-8-12-5-7-14(8)9-2-3-10(16)15(13-9)6-4-11/h2-3,5,7H,4,6H2,1H3. The maximum Gasteiger partial charge on any atom is 0.266 e. The zero-order chi connectivity index (χ0) is 11.5. The molecule has 2 aromatic heterocycles. The predicted molar refractivity (Wildman–Crippen MR) is 64.2 cm³/mol. The van der Waals surface area contributed by atoms with Gasteiger partial charge in [-0.15, -0.1) is 0 Å². The van der Waals surface area contributed by atoms with Gasteiger partial charge in [0, 0.05) is 23.8 Å². The molecule has 0 saturated carbocycles. The first-order valence-corrected chi connectivity index (χ1v) is 5.99. The van der Waals surface area contributed by atoms with Gasteiger partial charge in [0.1, 0.15) is 5.82 Å². The average Bonchev–Trinajstić information content (AvgIpc) is 2.68. The lowest BCUT2D eigenvalue weighted by atomic mass is 10.5. The second-order valence-electron chi connectivity index (χ2n) is 3.29. The molecule has 0 aromatic carbocycles. The molecular weight excluding hydrogens is 272 g/mol. The predicted octanol–water partition coefficient (Wildman–Crippen LogP) is 1.13. The molecule has 0 spiro atoms. The maximum absolute atomic E-state index is 11.5. The van der Waals surface area contributed by atoms with Gasteiger partial charge in [0.25, 0.3) is 5.56 Å². The third-order valence-electron chi connectivity index (χ3n) is 2.22. The lowest BCUT2D eigenvalue weighted by Crippen LogP contribution is -2.24. The molecule has 0 fully saturated rings. The summed E-state index contributed by atoms with van der Waals surface area (Å²) >= 11 is 3.29. The molecule has 2 aromatic rings. The molecule has 6 heteroatoms. The maximum atomic E-state index is 11.5. The van der Waals surface area contributed by atoms with Crippen molar-refractivity contribution in [3.8, 4) is 5.82 Å². The normalized spacial score (nSPS) is 10.6. The van der Waals surface area contributed by atoms with E-state index >= 15 is 0 Å². The van der Waals surface area contributed by atoms with Gasteiger partial charge < -0.3 is 0 Å². The smallest absolute Gasteiger partial charge is 0.266 e. The van der Waals surface area contributed by atoms with Crippen LogP contribution in [0.1, 0.15) is 5.82 Å². The van der Waals surface area contributed by atoms with Gasteiger partial charge in [-0.1, -0.05) is 15.9 Å². The second-order valence-corrected chi connectivity index (χ2v) is 4.08. The highest BCUT2D eigenvalue weighted by molar-refractivity contribution is 9.09. The molecule has 5 nitrogen and oxygen atoms in total. The van der Waals surface area contributed by atoms with Crippen molar-refractivity contribution in [2.24, 2.45) is 0 Å². The van der Waals surface area contributed by atoms with E-state index in [1.807, 2.05) is 17.7 Å². The van der Waals surface area contributed by atoms with Crippen LogP contribution in [-0.4, -0.2) is 24.7 Å². The molecule has 0 N–H and O–H groups in total. The molecule has 0 aliphatic carbocycles. The van der Waals surface area contributed by atoms with Crippen LogP contribution < -0.4 is 5.56 Å². The van der Waals surface area contributed by atoms with Crippen molar-refractivity contribution < 1.29 is 0 Å². The summed E-state index contributed by atoms with van der Waals surface area (Å²) in [4.78, 5) is 15.6. The number of hydrogen-bond acceptors (Lipinski definition) is 3. The highest BCUT2D eigenvalue weighted by atomic mass is 79.9. The van der Waals surface area contributed by atoms with Crippen LogP contribution in [0.3, 0.4) is 0 Å². The Hall–Kier alpha value is -1.43. The van der Waals surface area contributed by atoms with Crippen LogP contribution in [0, 0.1) is 6.92 Å². The van der Waals surface area contributed by atoms with Crippen molar-refractivity contribution in [2.75, 3.05) is 5.33 Å². The summed E-state index contributed by atoms with van der Waals surface area (Å²) in [6.45, 7) is 2.45. The van der Waals surface area contributed by atoms with Crippen LogP contribution >= 0.6 is 15.9 Å². The SMILES string of the molecule is Cc1nccn1-c1ccc(=O)n(CCBr)n1. The van der Waals surface area contributed by atoms with Crippen LogP contribution in [0.25, 0.3) is 5.82 Å². The Morgan fingerprint density at radius 2 is 2.25 bits per heavy atom. The average molecular weight is 283 g/mol. The lowest BCUT2D eigenvalue weighted by Gasteiger charge is -2.06. The number of aryl methyl sites for hydroxylation is 2. The van der Waals surface area contributed by atoms with Gasteiger partial charge in [0.05, 0.1) is 6.54 Å². The summed E-state index contributed by atoms with van der Waals surface area (Å²) in [5, 5.41) is 4.96. The van der Waals surface area contributed by atoms with Gasteiger partial charge in [-0.25, -0.2) is 9.67 Å². The third kappa shape index (κ3) is 2.06. The Labute approximate surface area is 101 Å². The zero-order valence-electron chi connectivity index (χ0n) is 8.80. The Morgan fingerprint density at radius 1 is 1.44 bits per heavy atom. The second kappa shape index (κ2) is 4.61. The number of hydrogen-bond donors (Lipinski definition) is 0. The summed E-state index contributed by atoms with van der Waals surface area (Å²) in [5.74, 6) is 1.55. The number of rotatable bonds is 3.